The fraction of sp³-hybridized carbons (Fsp3) is 0.0800. The zero-order valence-electron chi connectivity index (χ0n) is 17.3. The lowest BCUT2D eigenvalue weighted by Crippen LogP contribution is -2.29. The van der Waals surface area contributed by atoms with Crippen molar-refractivity contribution in [2.24, 2.45) is 0 Å². The smallest absolute Gasteiger partial charge is 0.301 e. The summed E-state index contributed by atoms with van der Waals surface area (Å²) in [6, 6.07) is 18.2. The Kier molecular flexibility index (Phi) is 5.44. The second kappa shape index (κ2) is 8.30. The fourth-order valence-electron chi connectivity index (χ4n) is 3.88. The molecule has 0 bridgehead atoms. The molecule has 33 heavy (non-hydrogen) atoms. The highest BCUT2D eigenvalue weighted by atomic mass is 35.5. The molecule has 0 radical (unpaired) electrons. The summed E-state index contributed by atoms with van der Waals surface area (Å²) in [5, 5.41) is 12.5. The molecule has 1 aromatic heterocycles. The molecule has 1 unspecified atom stereocenters. The summed E-state index contributed by atoms with van der Waals surface area (Å²) in [5.74, 6) is -1.80. The number of ketones is 1. The number of rotatable bonds is 3. The number of fused-ring (bicyclic) bond motifs is 1. The maximum atomic E-state index is 13.3. The van der Waals surface area contributed by atoms with Crippen LogP contribution < -0.4 is 4.90 Å². The van der Waals surface area contributed by atoms with E-state index in [1.54, 1.807) is 48.5 Å². The van der Waals surface area contributed by atoms with Crippen LogP contribution in [0.25, 0.3) is 16.0 Å². The number of halogens is 2. The van der Waals surface area contributed by atoms with Crippen LogP contribution in [0.15, 0.2) is 72.3 Å². The third kappa shape index (κ3) is 3.80. The van der Waals surface area contributed by atoms with Crippen LogP contribution in [0.1, 0.15) is 22.7 Å². The maximum Gasteiger partial charge on any atom is 0.301 e. The van der Waals surface area contributed by atoms with Crippen molar-refractivity contribution in [2.75, 3.05) is 4.90 Å². The van der Waals surface area contributed by atoms with Crippen molar-refractivity contribution in [3.63, 3.8) is 0 Å². The Bertz CT molecular complexity index is 1440. The van der Waals surface area contributed by atoms with Gasteiger partial charge in [0.05, 0.1) is 21.8 Å². The van der Waals surface area contributed by atoms with E-state index in [9.17, 15) is 14.7 Å². The number of hydrogen-bond acceptors (Lipinski definition) is 5. The molecular formula is C25H16Cl2N2O3S. The third-order valence-corrected chi connectivity index (χ3v) is 7.01. The van der Waals surface area contributed by atoms with Gasteiger partial charge in [-0.3, -0.25) is 14.5 Å². The van der Waals surface area contributed by atoms with Crippen molar-refractivity contribution < 1.29 is 14.7 Å². The van der Waals surface area contributed by atoms with Crippen LogP contribution in [-0.2, 0) is 9.59 Å². The SMILES string of the molecule is Cc1ccc2nc(N3C(=O)C(=O)C(=C(O)c4ccc(Cl)cc4)C3c3ccc(Cl)cc3)sc2c1. The first kappa shape index (κ1) is 21.6. The number of aromatic nitrogens is 1. The molecule has 164 valence electrons. The standard InChI is InChI=1S/C25H16Cl2N2O3S/c1-13-2-11-18-19(12-13)33-25(28-18)29-21(14-3-7-16(26)8-4-14)20(23(31)24(29)32)22(30)15-5-9-17(27)10-6-15/h2-12,21,30H,1H3. The number of carbonyl (C=O) groups excluding carboxylic acids is 2. The number of aliphatic hydroxyl groups excluding tert-OH is 1. The Hall–Kier alpha value is -3.19. The monoisotopic (exact) mass is 494 g/mol. The summed E-state index contributed by atoms with van der Waals surface area (Å²) in [5.41, 5.74) is 2.80. The minimum Gasteiger partial charge on any atom is -0.507 e. The predicted molar refractivity (Wildman–Crippen MR) is 132 cm³/mol. The number of anilines is 1. The highest BCUT2D eigenvalue weighted by Gasteiger charge is 2.48. The van der Waals surface area contributed by atoms with Crippen LogP contribution in [0.5, 0.6) is 0 Å². The normalized spacial score (nSPS) is 17.8. The summed E-state index contributed by atoms with van der Waals surface area (Å²) in [7, 11) is 0. The van der Waals surface area contributed by atoms with Gasteiger partial charge in [0.1, 0.15) is 5.76 Å². The Labute approximate surface area is 203 Å². The van der Waals surface area contributed by atoms with E-state index in [4.69, 9.17) is 23.2 Å². The Balaban J connectivity index is 1.73. The molecule has 4 aromatic rings. The molecule has 8 heteroatoms. The van der Waals surface area contributed by atoms with Crippen molar-refractivity contribution in [1.82, 2.24) is 4.98 Å². The van der Waals surface area contributed by atoms with Gasteiger partial charge in [-0.15, -0.1) is 0 Å². The van der Waals surface area contributed by atoms with Gasteiger partial charge in [-0.1, -0.05) is 52.7 Å². The highest BCUT2D eigenvalue weighted by Crippen LogP contribution is 2.44. The largest absolute Gasteiger partial charge is 0.507 e. The molecule has 5 rings (SSSR count). The van der Waals surface area contributed by atoms with Crippen LogP contribution >= 0.6 is 34.5 Å². The molecule has 1 aliphatic rings. The number of hydrogen-bond donors (Lipinski definition) is 1. The van der Waals surface area contributed by atoms with Gasteiger partial charge in [-0.05, 0) is 66.6 Å². The van der Waals surface area contributed by atoms with E-state index in [1.165, 1.54) is 16.2 Å². The first-order chi connectivity index (χ1) is 15.8. The Morgan fingerprint density at radius 2 is 1.61 bits per heavy atom. The number of amides is 1. The second-order valence-corrected chi connectivity index (χ2v) is 9.58. The van der Waals surface area contributed by atoms with Crippen LogP contribution in [0, 0.1) is 6.92 Å². The topological polar surface area (TPSA) is 70.5 Å². The number of aliphatic hydroxyl groups is 1. The van der Waals surface area contributed by atoms with E-state index in [0.29, 0.717) is 26.3 Å². The number of carbonyl (C=O) groups is 2. The Morgan fingerprint density at radius 1 is 0.970 bits per heavy atom. The first-order valence-corrected chi connectivity index (χ1v) is 11.6. The van der Waals surface area contributed by atoms with Crippen LogP contribution in [0.4, 0.5) is 5.13 Å². The molecule has 1 atom stereocenters. The molecule has 0 spiro atoms. The van der Waals surface area contributed by atoms with E-state index >= 15 is 0 Å². The average Bonchev–Trinajstić information content (AvgIpc) is 3.32. The molecule has 1 fully saturated rings. The second-order valence-electron chi connectivity index (χ2n) is 7.70. The first-order valence-electron chi connectivity index (χ1n) is 10.0. The van der Waals surface area contributed by atoms with Crippen molar-refractivity contribution in [1.29, 1.82) is 0 Å². The van der Waals surface area contributed by atoms with Crippen molar-refractivity contribution in [2.45, 2.75) is 13.0 Å². The van der Waals surface area contributed by atoms with Gasteiger partial charge >= 0.3 is 5.91 Å². The molecule has 0 saturated carbocycles. The lowest BCUT2D eigenvalue weighted by molar-refractivity contribution is -0.132. The Morgan fingerprint density at radius 3 is 2.27 bits per heavy atom. The molecular weight excluding hydrogens is 479 g/mol. The summed E-state index contributed by atoms with van der Waals surface area (Å²) >= 11 is 13.4. The van der Waals surface area contributed by atoms with Crippen LogP contribution in [-0.4, -0.2) is 21.8 Å². The van der Waals surface area contributed by atoms with Crippen molar-refractivity contribution >= 4 is 67.3 Å². The zero-order chi connectivity index (χ0) is 23.3. The summed E-state index contributed by atoms with van der Waals surface area (Å²) in [4.78, 5) is 32.4. The van der Waals surface area contributed by atoms with Crippen LogP contribution in [0.2, 0.25) is 10.0 Å². The molecule has 0 aliphatic carbocycles. The van der Waals surface area contributed by atoms with E-state index in [0.717, 1.165) is 15.8 Å². The number of Topliss-reactive ketones (excluding diaryl/α,β-unsaturated/α-hetero) is 1. The fourth-order valence-corrected chi connectivity index (χ4v) is 5.22. The number of thiazole rings is 1. The van der Waals surface area contributed by atoms with E-state index in [2.05, 4.69) is 4.98 Å². The summed E-state index contributed by atoms with van der Waals surface area (Å²) < 4.78 is 0.902. The van der Waals surface area contributed by atoms with Gasteiger partial charge in [0.15, 0.2) is 5.13 Å². The molecule has 5 nitrogen and oxygen atoms in total. The minimum atomic E-state index is -0.861. The van der Waals surface area contributed by atoms with Gasteiger partial charge in [-0.25, -0.2) is 4.98 Å². The summed E-state index contributed by atoms with van der Waals surface area (Å²) in [6.07, 6.45) is 0. The molecule has 1 aliphatic heterocycles. The highest BCUT2D eigenvalue weighted by molar-refractivity contribution is 7.22. The molecule has 2 heterocycles. The zero-order valence-corrected chi connectivity index (χ0v) is 19.6. The average molecular weight is 495 g/mol. The van der Waals surface area contributed by atoms with Gasteiger partial charge in [0.2, 0.25) is 0 Å². The number of nitrogens with zero attached hydrogens (tertiary/aromatic N) is 2. The van der Waals surface area contributed by atoms with Crippen molar-refractivity contribution in [3.05, 3.63) is 99.0 Å². The lowest BCUT2D eigenvalue weighted by atomic mass is 9.95. The van der Waals surface area contributed by atoms with Gasteiger partial charge in [0.25, 0.3) is 5.78 Å². The lowest BCUT2D eigenvalue weighted by Gasteiger charge is -2.23. The minimum absolute atomic E-state index is 0.0138. The number of benzene rings is 3. The third-order valence-electron chi connectivity index (χ3n) is 5.49. The predicted octanol–water partition coefficient (Wildman–Crippen LogP) is 6.54. The summed E-state index contributed by atoms with van der Waals surface area (Å²) in [6.45, 7) is 1.98. The number of aryl methyl sites for hydroxylation is 1. The maximum absolute atomic E-state index is 13.3. The van der Waals surface area contributed by atoms with Crippen molar-refractivity contribution in [3.8, 4) is 0 Å². The van der Waals surface area contributed by atoms with Gasteiger partial charge in [-0.2, -0.15) is 0 Å². The van der Waals surface area contributed by atoms with Gasteiger partial charge < -0.3 is 5.11 Å². The molecule has 1 N–H and O–H groups in total. The molecule has 1 amide bonds. The van der Waals surface area contributed by atoms with Gasteiger partial charge in [0, 0.05) is 15.6 Å². The molecule has 3 aromatic carbocycles. The van der Waals surface area contributed by atoms with Crippen LogP contribution in [0.3, 0.4) is 0 Å². The van der Waals surface area contributed by atoms with E-state index in [1.807, 2.05) is 25.1 Å². The van der Waals surface area contributed by atoms with E-state index in [-0.39, 0.29) is 11.3 Å². The quantitative estimate of drug-likeness (QED) is 0.199. The van der Waals surface area contributed by atoms with E-state index < -0.39 is 17.7 Å². The molecule has 1 saturated heterocycles.